The molecule has 1 atom stereocenters. The van der Waals surface area contributed by atoms with Crippen LogP contribution in [0.3, 0.4) is 0 Å². The number of halogens is 1. The number of aliphatic carboxylic acids is 1. The van der Waals surface area contributed by atoms with Gasteiger partial charge in [0, 0.05) is 16.6 Å². The molecule has 0 aliphatic heterocycles. The molecule has 6 heteroatoms. The molecule has 0 saturated heterocycles. The zero-order valence-corrected chi connectivity index (χ0v) is 13.2. The lowest BCUT2D eigenvalue weighted by Gasteiger charge is -2.15. The van der Waals surface area contributed by atoms with E-state index in [1.54, 1.807) is 24.3 Å². The molecule has 22 heavy (non-hydrogen) atoms. The largest absolute Gasteiger partial charge is 0.480 e. The number of hydrogen-bond donors (Lipinski definition) is 3. The topological polar surface area (TPSA) is 78.4 Å². The molecule has 0 bridgehead atoms. The first-order valence-electron chi connectivity index (χ1n) is 6.64. The van der Waals surface area contributed by atoms with Gasteiger partial charge in [0.1, 0.15) is 6.04 Å². The van der Waals surface area contributed by atoms with Crippen molar-refractivity contribution >= 4 is 33.6 Å². The van der Waals surface area contributed by atoms with Crippen molar-refractivity contribution in [1.29, 1.82) is 0 Å². The molecule has 2 rings (SSSR count). The Bertz CT molecular complexity index is 644. The number of carboxylic acids is 1. The highest BCUT2D eigenvalue weighted by atomic mass is 79.9. The summed E-state index contributed by atoms with van der Waals surface area (Å²) in [6.07, 6.45) is 0.213. The summed E-state index contributed by atoms with van der Waals surface area (Å²) in [5, 5.41) is 14.3. The minimum atomic E-state index is -1.08. The molecular formula is C16H15BrN2O3. The number of carboxylic acid groups (broad SMARTS) is 1. The minimum absolute atomic E-state index is 0.213. The first-order chi connectivity index (χ1) is 10.5. The summed E-state index contributed by atoms with van der Waals surface area (Å²) in [5.74, 6) is -1.08. The van der Waals surface area contributed by atoms with Crippen molar-refractivity contribution < 1.29 is 14.7 Å². The second-order valence-electron chi connectivity index (χ2n) is 4.69. The highest BCUT2D eigenvalue weighted by molar-refractivity contribution is 9.10. The maximum absolute atomic E-state index is 11.9. The average molecular weight is 363 g/mol. The number of nitrogens with one attached hydrogen (secondary N) is 2. The Hall–Kier alpha value is -2.34. The van der Waals surface area contributed by atoms with Gasteiger partial charge in [-0.2, -0.15) is 0 Å². The van der Waals surface area contributed by atoms with Crippen molar-refractivity contribution in [3.05, 3.63) is 64.6 Å². The van der Waals surface area contributed by atoms with Gasteiger partial charge in [-0.3, -0.25) is 0 Å². The quantitative estimate of drug-likeness (QED) is 0.763. The lowest BCUT2D eigenvalue weighted by Crippen LogP contribution is -2.44. The van der Waals surface area contributed by atoms with Gasteiger partial charge in [-0.05, 0) is 29.8 Å². The summed E-state index contributed by atoms with van der Waals surface area (Å²) in [7, 11) is 0. The van der Waals surface area contributed by atoms with E-state index < -0.39 is 18.0 Å². The number of hydrogen-bond acceptors (Lipinski definition) is 2. The lowest BCUT2D eigenvalue weighted by atomic mass is 10.1. The SMILES string of the molecule is O=C(Nc1ccccc1)N[C@@H](Cc1ccc(Br)cc1)C(=O)O. The van der Waals surface area contributed by atoms with Crippen LogP contribution >= 0.6 is 15.9 Å². The summed E-state index contributed by atoms with van der Waals surface area (Å²) in [6.45, 7) is 0. The van der Waals surface area contributed by atoms with Gasteiger partial charge in [0.15, 0.2) is 0 Å². The number of amides is 2. The molecule has 0 unspecified atom stereocenters. The highest BCUT2D eigenvalue weighted by Crippen LogP contribution is 2.12. The maximum Gasteiger partial charge on any atom is 0.326 e. The van der Waals surface area contributed by atoms with Crippen molar-refractivity contribution in [2.75, 3.05) is 5.32 Å². The van der Waals surface area contributed by atoms with Crippen LogP contribution in [0.5, 0.6) is 0 Å². The molecule has 114 valence electrons. The van der Waals surface area contributed by atoms with Crippen LogP contribution < -0.4 is 10.6 Å². The normalized spacial score (nSPS) is 11.5. The third-order valence-corrected chi connectivity index (χ3v) is 3.52. The van der Waals surface area contributed by atoms with Gasteiger partial charge >= 0.3 is 12.0 Å². The summed E-state index contributed by atoms with van der Waals surface area (Å²) in [6, 6.07) is 14.6. The lowest BCUT2D eigenvalue weighted by molar-refractivity contribution is -0.139. The van der Waals surface area contributed by atoms with Crippen molar-refractivity contribution in [3.8, 4) is 0 Å². The Labute approximate surface area is 136 Å². The van der Waals surface area contributed by atoms with E-state index in [9.17, 15) is 14.7 Å². The van der Waals surface area contributed by atoms with Gasteiger partial charge in [0.25, 0.3) is 0 Å². The summed E-state index contributed by atoms with van der Waals surface area (Å²) in [5.41, 5.74) is 1.43. The fraction of sp³-hybridized carbons (Fsp3) is 0.125. The van der Waals surface area contributed by atoms with Gasteiger partial charge in [-0.1, -0.05) is 46.3 Å². The Kier molecular flexibility index (Phi) is 5.55. The van der Waals surface area contributed by atoms with E-state index >= 15 is 0 Å². The van der Waals surface area contributed by atoms with E-state index in [2.05, 4.69) is 26.6 Å². The van der Waals surface area contributed by atoms with Crippen molar-refractivity contribution in [3.63, 3.8) is 0 Å². The van der Waals surface area contributed by atoms with Crippen LogP contribution in [0, 0.1) is 0 Å². The summed E-state index contributed by atoms with van der Waals surface area (Å²) in [4.78, 5) is 23.2. The molecule has 0 spiro atoms. The van der Waals surface area contributed by atoms with Gasteiger partial charge in [-0.25, -0.2) is 9.59 Å². The third-order valence-electron chi connectivity index (χ3n) is 2.99. The number of carbonyl (C=O) groups is 2. The molecule has 0 heterocycles. The number of carbonyl (C=O) groups excluding carboxylic acids is 1. The maximum atomic E-state index is 11.9. The molecule has 0 aromatic heterocycles. The Morgan fingerprint density at radius 3 is 2.27 bits per heavy atom. The molecule has 0 radical (unpaired) electrons. The van der Waals surface area contributed by atoms with Crippen LogP contribution in [0.4, 0.5) is 10.5 Å². The van der Waals surface area contributed by atoms with Crippen LogP contribution in [0.1, 0.15) is 5.56 Å². The predicted molar refractivity (Wildman–Crippen MR) is 87.9 cm³/mol. The fourth-order valence-electron chi connectivity index (χ4n) is 1.90. The van der Waals surface area contributed by atoms with Gasteiger partial charge in [-0.15, -0.1) is 0 Å². The smallest absolute Gasteiger partial charge is 0.326 e. The Morgan fingerprint density at radius 2 is 1.68 bits per heavy atom. The number of urea groups is 1. The molecule has 5 nitrogen and oxygen atoms in total. The number of rotatable bonds is 5. The number of para-hydroxylation sites is 1. The third kappa shape index (κ3) is 4.89. The van der Waals surface area contributed by atoms with E-state index in [-0.39, 0.29) is 6.42 Å². The molecule has 0 fully saturated rings. The van der Waals surface area contributed by atoms with E-state index in [1.165, 1.54) is 0 Å². The predicted octanol–water partition coefficient (Wildman–Crippen LogP) is 3.27. The molecule has 0 aliphatic rings. The zero-order chi connectivity index (χ0) is 15.9. The van der Waals surface area contributed by atoms with E-state index in [1.807, 2.05) is 30.3 Å². The Morgan fingerprint density at radius 1 is 1.05 bits per heavy atom. The molecule has 2 aromatic rings. The average Bonchev–Trinajstić information content (AvgIpc) is 2.49. The number of anilines is 1. The van der Waals surface area contributed by atoms with E-state index in [0.29, 0.717) is 5.69 Å². The van der Waals surface area contributed by atoms with Gasteiger partial charge in [0.2, 0.25) is 0 Å². The molecule has 2 aromatic carbocycles. The van der Waals surface area contributed by atoms with Crippen molar-refractivity contribution in [1.82, 2.24) is 5.32 Å². The first kappa shape index (κ1) is 16.0. The fourth-order valence-corrected chi connectivity index (χ4v) is 2.17. The second kappa shape index (κ2) is 7.61. The molecular weight excluding hydrogens is 348 g/mol. The van der Waals surface area contributed by atoms with Crippen LogP contribution in [-0.4, -0.2) is 23.1 Å². The highest BCUT2D eigenvalue weighted by Gasteiger charge is 2.20. The molecule has 0 saturated carbocycles. The van der Waals surface area contributed by atoms with Crippen molar-refractivity contribution in [2.24, 2.45) is 0 Å². The standard InChI is InChI=1S/C16H15BrN2O3/c17-12-8-6-11(7-9-12)10-14(15(20)21)19-16(22)18-13-4-2-1-3-5-13/h1-9,14H,10H2,(H,20,21)(H2,18,19,22)/t14-/m0/s1. The molecule has 2 amide bonds. The first-order valence-corrected chi connectivity index (χ1v) is 7.44. The molecule has 3 N–H and O–H groups in total. The van der Waals surface area contributed by atoms with Crippen LogP contribution in [0.2, 0.25) is 0 Å². The molecule has 0 aliphatic carbocycles. The Balaban J connectivity index is 1.98. The van der Waals surface area contributed by atoms with E-state index in [0.717, 1.165) is 10.0 Å². The van der Waals surface area contributed by atoms with E-state index in [4.69, 9.17) is 0 Å². The zero-order valence-electron chi connectivity index (χ0n) is 11.6. The van der Waals surface area contributed by atoms with Crippen LogP contribution in [0.15, 0.2) is 59.1 Å². The van der Waals surface area contributed by atoms with Gasteiger partial charge in [0.05, 0.1) is 0 Å². The summed E-state index contributed by atoms with van der Waals surface area (Å²) >= 11 is 3.32. The van der Waals surface area contributed by atoms with Gasteiger partial charge < -0.3 is 15.7 Å². The number of benzene rings is 2. The van der Waals surface area contributed by atoms with Crippen molar-refractivity contribution in [2.45, 2.75) is 12.5 Å². The monoisotopic (exact) mass is 362 g/mol. The van der Waals surface area contributed by atoms with Crippen LogP contribution in [-0.2, 0) is 11.2 Å². The summed E-state index contributed by atoms with van der Waals surface area (Å²) < 4.78 is 0.915. The van der Waals surface area contributed by atoms with Crippen LogP contribution in [0.25, 0.3) is 0 Å². The second-order valence-corrected chi connectivity index (χ2v) is 5.60. The minimum Gasteiger partial charge on any atom is -0.480 e.